The topological polar surface area (TPSA) is 105 Å². The van der Waals surface area contributed by atoms with Gasteiger partial charge in [-0.2, -0.15) is 0 Å². The Balaban J connectivity index is 1.94. The normalized spacial score (nSPS) is 15.2. The molecule has 2 heterocycles. The number of pyridine rings is 1. The third-order valence-electron chi connectivity index (χ3n) is 4.48. The molecule has 1 aromatic carbocycles. The van der Waals surface area contributed by atoms with Crippen LogP contribution in [-0.4, -0.2) is 32.4 Å². The first-order valence-corrected chi connectivity index (χ1v) is 10.7. The maximum Gasteiger partial charge on any atom is 0.259 e. The van der Waals surface area contributed by atoms with Crippen molar-refractivity contribution in [2.24, 2.45) is 5.14 Å². The summed E-state index contributed by atoms with van der Waals surface area (Å²) >= 11 is 5.86. The lowest BCUT2D eigenvalue weighted by molar-refractivity contribution is 0.102. The summed E-state index contributed by atoms with van der Waals surface area (Å²) in [5.41, 5.74) is 0.249. The van der Waals surface area contributed by atoms with E-state index in [1.807, 2.05) is 4.90 Å². The van der Waals surface area contributed by atoms with E-state index in [-0.39, 0.29) is 21.3 Å². The molecule has 150 valence electrons. The minimum Gasteiger partial charge on any atom is -0.356 e. The molecule has 28 heavy (non-hydrogen) atoms. The van der Waals surface area contributed by atoms with Crippen LogP contribution >= 0.6 is 11.6 Å². The van der Waals surface area contributed by atoms with Gasteiger partial charge in [-0.15, -0.1) is 0 Å². The van der Waals surface area contributed by atoms with Gasteiger partial charge < -0.3 is 10.2 Å². The molecule has 7 nitrogen and oxygen atoms in total. The fraction of sp³-hybridized carbons (Fsp3) is 0.333. The standard InChI is InChI=1S/C18H20ClFN4O3S/c19-16-15(20)11-14(17(23-16)24-8-3-1-2-4-9-24)18(25)22-12-6-5-7-13(10-12)28(21,26)27/h5-7,10-11H,1-4,8-9H2,(H,22,25)(H2,21,26,27). The molecule has 0 saturated carbocycles. The number of nitrogens with two attached hydrogens (primary N) is 1. The highest BCUT2D eigenvalue weighted by Crippen LogP contribution is 2.27. The first kappa shape index (κ1) is 20.5. The third kappa shape index (κ3) is 4.78. The predicted molar refractivity (Wildman–Crippen MR) is 106 cm³/mol. The molecule has 1 aliphatic rings. The second-order valence-corrected chi connectivity index (χ2v) is 8.48. The Hall–Kier alpha value is -2.23. The highest BCUT2D eigenvalue weighted by atomic mass is 35.5. The number of nitrogens with one attached hydrogen (secondary N) is 1. The highest BCUT2D eigenvalue weighted by molar-refractivity contribution is 7.89. The lowest BCUT2D eigenvalue weighted by Gasteiger charge is -2.24. The first-order chi connectivity index (χ1) is 13.3. The maximum absolute atomic E-state index is 14.0. The molecule has 1 amide bonds. The van der Waals surface area contributed by atoms with Gasteiger partial charge in [-0.1, -0.05) is 30.5 Å². The van der Waals surface area contributed by atoms with E-state index in [1.54, 1.807) is 0 Å². The van der Waals surface area contributed by atoms with Crippen LogP contribution in [0, 0.1) is 5.82 Å². The Bertz CT molecular complexity index is 992. The molecule has 1 saturated heterocycles. The second kappa shape index (κ2) is 8.42. The Morgan fingerprint density at radius 1 is 1.18 bits per heavy atom. The van der Waals surface area contributed by atoms with E-state index in [2.05, 4.69) is 10.3 Å². The number of primary sulfonamides is 1. The van der Waals surface area contributed by atoms with E-state index >= 15 is 0 Å². The van der Waals surface area contributed by atoms with Gasteiger partial charge in [0.05, 0.1) is 10.5 Å². The Morgan fingerprint density at radius 3 is 2.50 bits per heavy atom. The van der Waals surface area contributed by atoms with Gasteiger partial charge in [-0.05, 0) is 37.1 Å². The van der Waals surface area contributed by atoms with Crippen LogP contribution in [0.2, 0.25) is 5.15 Å². The summed E-state index contributed by atoms with van der Waals surface area (Å²) in [6.45, 7) is 1.38. The summed E-state index contributed by atoms with van der Waals surface area (Å²) in [5, 5.41) is 7.40. The number of anilines is 2. The Morgan fingerprint density at radius 2 is 1.86 bits per heavy atom. The molecule has 0 spiro atoms. The summed E-state index contributed by atoms with van der Waals surface area (Å²) < 4.78 is 37.0. The number of nitrogens with zero attached hydrogens (tertiary/aromatic N) is 2. The van der Waals surface area contributed by atoms with Gasteiger partial charge in [0.2, 0.25) is 10.0 Å². The highest BCUT2D eigenvalue weighted by Gasteiger charge is 2.23. The number of benzene rings is 1. The fourth-order valence-electron chi connectivity index (χ4n) is 3.10. The van der Waals surface area contributed by atoms with Gasteiger partial charge in [0.15, 0.2) is 11.0 Å². The number of carbonyl (C=O) groups excluding carboxylic acids is 1. The molecule has 10 heteroatoms. The zero-order chi connectivity index (χ0) is 20.3. The molecule has 2 aromatic rings. The van der Waals surface area contributed by atoms with Gasteiger partial charge in [0, 0.05) is 18.8 Å². The molecule has 1 fully saturated rings. The van der Waals surface area contributed by atoms with Crippen molar-refractivity contribution in [3.8, 4) is 0 Å². The van der Waals surface area contributed by atoms with Crippen molar-refractivity contribution in [2.75, 3.05) is 23.3 Å². The number of rotatable bonds is 4. The Kier molecular flexibility index (Phi) is 6.17. The van der Waals surface area contributed by atoms with Gasteiger partial charge in [0.25, 0.3) is 5.91 Å². The zero-order valence-electron chi connectivity index (χ0n) is 15.0. The van der Waals surface area contributed by atoms with Crippen LogP contribution < -0.4 is 15.4 Å². The first-order valence-electron chi connectivity index (χ1n) is 8.81. The van der Waals surface area contributed by atoms with Crippen LogP contribution in [0.1, 0.15) is 36.0 Å². The average molecular weight is 427 g/mol. The van der Waals surface area contributed by atoms with Crippen molar-refractivity contribution in [1.29, 1.82) is 0 Å². The Labute approximate surface area is 167 Å². The summed E-state index contributed by atoms with van der Waals surface area (Å²) in [6.07, 6.45) is 4.03. The smallest absolute Gasteiger partial charge is 0.259 e. The number of halogens is 2. The van der Waals surface area contributed by atoms with Crippen LogP contribution in [0.3, 0.4) is 0 Å². The molecule has 0 aliphatic carbocycles. The van der Waals surface area contributed by atoms with Gasteiger partial charge in [0.1, 0.15) is 5.82 Å². The van der Waals surface area contributed by atoms with Crippen LogP contribution in [0.4, 0.5) is 15.9 Å². The molecular formula is C18H20ClFN4O3S. The van der Waals surface area contributed by atoms with E-state index in [9.17, 15) is 17.6 Å². The van der Waals surface area contributed by atoms with Crippen LogP contribution in [0.5, 0.6) is 0 Å². The van der Waals surface area contributed by atoms with Crippen molar-refractivity contribution in [2.45, 2.75) is 30.6 Å². The zero-order valence-corrected chi connectivity index (χ0v) is 16.6. The maximum atomic E-state index is 14.0. The van der Waals surface area contributed by atoms with Crippen LogP contribution in [-0.2, 0) is 10.0 Å². The SMILES string of the molecule is NS(=O)(=O)c1cccc(NC(=O)c2cc(F)c(Cl)nc2N2CCCCCC2)c1. The van der Waals surface area contributed by atoms with Crippen molar-refractivity contribution in [3.05, 3.63) is 46.9 Å². The van der Waals surface area contributed by atoms with Crippen molar-refractivity contribution >= 4 is 39.0 Å². The molecule has 1 aliphatic heterocycles. The third-order valence-corrected chi connectivity index (χ3v) is 5.66. The molecule has 1 aromatic heterocycles. The van der Waals surface area contributed by atoms with E-state index in [1.165, 1.54) is 24.3 Å². The van der Waals surface area contributed by atoms with Gasteiger partial charge in [-0.3, -0.25) is 4.79 Å². The monoisotopic (exact) mass is 426 g/mol. The molecule has 0 radical (unpaired) electrons. The van der Waals surface area contributed by atoms with Crippen molar-refractivity contribution in [1.82, 2.24) is 4.98 Å². The number of amides is 1. The lowest BCUT2D eigenvalue weighted by atomic mass is 10.2. The minimum absolute atomic E-state index is 0.0322. The number of hydrogen-bond donors (Lipinski definition) is 2. The molecule has 3 N–H and O–H groups in total. The van der Waals surface area contributed by atoms with Gasteiger partial charge >= 0.3 is 0 Å². The number of sulfonamides is 1. The molecular weight excluding hydrogens is 407 g/mol. The fourth-order valence-corrected chi connectivity index (χ4v) is 3.79. The van der Waals surface area contributed by atoms with Crippen molar-refractivity contribution in [3.63, 3.8) is 0 Å². The number of hydrogen-bond acceptors (Lipinski definition) is 5. The average Bonchev–Trinajstić information content (AvgIpc) is 2.92. The number of aromatic nitrogens is 1. The molecule has 3 rings (SSSR count). The molecule has 0 unspecified atom stereocenters. The second-order valence-electron chi connectivity index (χ2n) is 6.56. The molecule has 0 bridgehead atoms. The minimum atomic E-state index is -3.92. The number of carbonyl (C=O) groups is 1. The predicted octanol–water partition coefficient (Wildman–Crippen LogP) is 3.15. The van der Waals surface area contributed by atoms with E-state index in [0.717, 1.165) is 31.7 Å². The van der Waals surface area contributed by atoms with Crippen molar-refractivity contribution < 1.29 is 17.6 Å². The summed E-state index contributed by atoms with van der Waals surface area (Å²) in [6, 6.07) is 6.56. The largest absolute Gasteiger partial charge is 0.356 e. The molecule has 0 atom stereocenters. The lowest BCUT2D eigenvalue weighted by Crippen LogP contribution is -2.28. The van der Waals surface area contributed by atoms with E-state index in [0.29, 0.717) is 18.9 Å². The quantitative estimate of drug-likeness (QED) is 0.730. The summed E-state index contributed by atoms with van der Waals surface area (Å²) in [5.74, 6) is -1.11. The van der Waals surface area contributed by atoms with Gasteiger partial charge in [-0.25, -0.2) is 22.9 Å². The van der Waals surface area contributed by atoms with E-state index in [4.69, 9.17) is 16.7 Å². The summed E-state index contributed by atoms with van der Waals surface area (Å²) in [7, 11) is -3.92. The van der Waals surface area contributed by atoms with Crippen LogP contribution in [0.15, 0.2) is 35.2 Å². The van der Waals surface area contributed by atoms with Crippen LogP contribution in [0.25, 0.3) is 0 Å². The van der Waals surface area contributed by atoms with E-state index < -0.39 is 21.7 Å². The summed E-state index contributed by atoms with van der Waals surface area (Å²) in [4.78, 5) is 18.7.